The molecule has 0 spiro atoms. The fraction of sp³-hybridized carbons (Fsp3) is 0.375. The summed E-state index contributed by atoms with van der Waals surface area (Å²) in [4.78, 5) is 12.6. The predicted octanol–water partition coefficient (Wildman–Crippen LogP) is 3.47. The second-order valence-electron chi connectivity index (χ2n) is 6.13. The number of carbonyl (C=O) groups excluding carboxylic acids is 1. The zero-order chi connectivity index (χ0) is 16.5. The summed E-state index contributed by atoms with van der Waals surface area (Å²) >= 11 is 11.3. The van der Waals surface area contributed by atoms with Crippen molar-refractivity contribution in [3.63, 3.8) is 0 Å². The Bertz CT molecular complexity index is 650. The van der Waals surface area contributed by atoms with Crippen molar-refractivity contribution < 1.29 is 9.53 Å². The topological polar surface area (TPSA) is 50.4 Å². The average molecular weight is 339 g/mol. The van der Waals surface area contributed by atoms with E-state index in [1.54, 1.807) is 6.07 Å². The number of hydrogen-bond donors (Lipinski definition) is 2. The summed E-state index contributed by atoms with van der Waals surface area (Å²) in [6, 6.07) is 6.95. The van der Waals surface area contributed by atoms with Crippen molar-refractivity contribution in [2.75, 3.05) is 0 Å². The van der Waals surface area contributed by atoms with E-state index < -0.39 is 5.60 Å². The number of halogens is 1. The zero-order valence-electron chi connectivity index (χ0n) is 13.0. The van der Waals surface area contributed by atoms with Crippen LogP contribution in [-0.4, -0.2) is 16.7 Å². The van der Waals surface area contributed by atoms with Crippen LogP contribution in [0.3, 0.4) is 0 Å². The van der Waals surface area contributed by atoms with E-state index in [-0.39, 0.29) is 12.0 Å². The molecule has 0 unspecified atom stereocenters. The summed E-state index contributed by atoms with van der Waals surface area (Å²) < 4.78 is 5.51. The molecule has 0 amide bonds. The van der Waals surface area contributed by atoms with Crippen LogP contribution in [0.2, 0.25) is 5.02 Å². The average Bonchev–Trinajstić information content (AvgIpc) is 2.35. The number of ether oxygens (including phenoxy) is 1. The number of thiocarbonyl (C=S) groups is 1. The van der Waals surface area contributed by atoms with Gasteiger partial charge >= 0.3 is 5.97 Å². The molecule has 22 heavy (non-hydrogen) atoms. The summed E-state index contributed by atoms with van der Waals surface area (Å²) in [5, 5.41) is 7.16. The summed E-state index contributed by atoms with van der Waals surface area (Å²) in [6.07, 6.45) is 0. The molecule has 0 bridgehead atoms. The summed E-state index contributed by atoms with van der Waals surface area (Å²) in [7, 11) is 0. The van der Waals surface area contributed by atoms with Gasteiger partial charge in [-0.15, -0.1) is 0 Å². The Balaban J connectivity index is 2.43. The third-order valence-electron chi connectivity index (χ3n) is 3.07. The summed E-state index contributed by atoms with van der Waals surface area (Å²) in [5.41, 5.74) is 1.48. The van der Waals surface area contributed by atoms with Gasteiger partial charge in [-0.2, -0.15) is 0 Å². The van der Waals surface area contributed by atoms with E-state index in [0.717, 1.165) is 5.56 Å². The lowest BCUT2D eigenvalue weighted by atomic mass is 9.95. The molecule has 1 heterocycles. The quantitative estimate of drug-likeness (QED) is 0.638. The van der Waals surface area contributed by atoms with Crippen molar-refractivity contribution >= 4 is 34.9 Å². The second kappa shape index (κ2) is 6.26. The molecule has 0 radical (unpaired) electrons. The molecule has 0 aromatic heterocycles. The number of allylic oxidation sites excluding steroid dienone is 1. The largest absolute Gasteiger partial charge is 0.456 e. The molecule has 1 aliphatic rings. The van der Waals surface area contributed by atoms with Gasteiger partial charge < -0.3 is 15.4 Å². The van der Waals surface area contributed by atoms with Gasteiger partial charge in [0.25, 0.3) is 0 Å². The number of rotatable bonds is 2. The van der Waals surface area contributed by atoms with E-state index in [4.69, 9.17) is 28.6 Å². The van der Waals surface area contributed by atoms with Crippen molar-refractivity contribution in [1.29, 1.82) is 0 Å². The SMILES string of the molecule is CC1=C(C(=O)OC(C)(C)C)[C@@H](c2cccc(Cl)c2)NC(=S)N1. The molecule has 118 valence electrons. The van der Waals surface area contributed by atoms with E-state index >= 15 is 0 Å². The van der Waals surface area contributed by atoms with E-state index in [2.05, 4.69) is 10.6 Å². The van der Waals surface area contributed by atoms with Crippen LogP contribution >= 0.6 is 23.8 Å². The maximum atomic E-state index is 12.6. The van der Waals surface area contributed by atoms with Gasteiger partial charge in [0.2, 0.25) is 0 Å². The van der Waals surface area contributed by atoms with Crippen LogP contribution < -0.4 is 10.6 Å². The van der Waals surface area contributed by atoms with Gasteiger partial charge in [-0.25, -0.2) is 4.79 Å². The van der Waals surface area contributed by atoms with Gasteiger partial charge in [-0.05, 0) is 57.6 Å². The Morgan fingerprint density at radius 3 is 2.64 bits per heavy atom. The third kappa shape index (κ3) is 3.99. The van der Waals surface area contributed by atoms with Gasteiger partial charge in [0.15, 0.2) is 5.11 Å². The maximum Gasteiger partial charge on any atom is 0.338 e. The highest BCUT2D eigenvalue weighted by atomic mass is 35.5. The molecule has 2 rings (SSSR count). The van der Waals surface area contributed by atoms with Gasteiger partial charge in [0, 0.05) is 10.7 Å². The van der Waals surface area contributed by atoms with Gasteiger partial charge in [0.05, 0.1) is 11.6 Å². The number of benzene rings is 1. The van der Waals surface area contributed by atoms with Crippen molar-refractivity contribution in [2.24, 2.45) is 0 Å². The number of nitrogens with one attached hydrogen (secondary N) is 2. The molecule has 1 aromatic carbocycles. The number of esters is 1. The van der Waals surface area contributed by atoms with Gasteiger partial charge in [0.1, 0.15) is 5.60 Å². The minimum absolute atomic E-state index is 0.377. The van der Waals surface area contributed by atoms with Gasteiger partial charge in [-0.3, -0.25) is 0 Å². The van der Waals surface area contributed by atoms with E-state index in [1.165, 1.54) is 0 Å². The monoisotopic (exact) mass is 338 g/mol. The highest BCUT2D eigenvalue weighted by Crippen LogP contribution is 2.30. The first-order valence-corrected chi connectivity index (χ1v) is 7.73. The normalized spacial score (nSPS) is 18.6. The van der Waals surface area contributed by atoms with E-state index in [1.807, 2.05) is 45.9 Å². The Morgan fingerprint density at radius 1 is 1.36 bits per heavy atom. The lowest BCUT2D eigenvalue weighted by molar-refractivity contribution is -0.150. The fourth-order valence-corrected chi connectivity index (χ4v) is 2.70. The fourth-order valence-electron chi connectivity index (χ4n) is 2.23. The Hall–Kier alpha value is -1.59. The molecule has 0 aliphatic carbocycles. The molecule has 4 nitrogen and oxygen atoms in total. The van der Waals surface area contributed by atoms with Crippen LogP contribution in [0.1, 0.15) is 39.3 Å². The lowest BCUT2D eigenvalue weighted by Gasteiger charge is -2.31. The first-order valence-electron chi connectivity index (χ1n) is 6.94. The van der Waals surface area contributed by atoms with Crippen molar-refractivity contribution in [1.82, 2.24) is 10.6 Å². The van der Waals surface area contributed by atoms with Crippen LogP contribution in [0.5, 0.6) is 0 Å². The zero-order valence-corrected chi connectivity index (χ0v) is 14.6. The molecule has 0 saturated carbocycles. The first-order chi connectivity index (χ1) is 10.2. The predicted molar refractivity (Wildman–Crippen MR) is 91.6 cm³/mol. The molecule has 0 saturated heterocycles. The van der Waals surface area contributed by atoms with Crippen molar-refractivity contribution in [2.45, 2.75) is 39.3 Å². The summed E-state index contributed by atoms with van der Waals surface area (Å²) in [5.74, 6) is -0.377. The van der Waals surface area contributed by atoms with Crippen LogP contribution in [0.15, 0.2) is 35.5 Å². The lowest BCUT2D eigenvalue weighted by Crippen LogP contribution is -2.45. The number of carbonyl (C=O) groups is 1. The van der Waals surface area contributed by atoms with E-state index in [0.29, 0.717) is 21.4 Å². The third-order valence-corrected chi connectivity index (χ3v) is 3.52. The molecule has 6 heteroatoms. The second-order valence-corrected chi connectivity index (χ2v) is 6.97. The molecular formula is C16H19ClN2O2S. The van der Waals surface area contributed by atoms with E-state index in [9.17, 15) is 4.79 Å². The van der Waals surface area contributed by atoms with Crippen LogP contribution in [0.25, 0.3) is 0 Å². The van der Waals surface area contributed by atoms with Crippen molar-refractivity contribution in [3.8, 4) is 0 Å². The van der Waals surface area contributed by atoms with Crippen LogP contribution in [0.4, 0.5) is 0 Å². The first kappa shape index (κ1) is 16.8. The standard InChI is InChI=1S/C16H19ClN2O2S/c1-9-12(14(20)21-16(2,3)4)13(19-15(22)18-9)10-6-5-7-11(17)8-10/h5-8,13H,1-4H3,(H2,18,19,22)/t13-/m1/s1. The Morgan fingerprint density at radius 2 is 2.05 bits per heavy atom. The highest BCUT2D eigenvalue weighted by Gasteiger charge is 2.32. The maximum absolute atomic E-state index is 12.6. The molecule has 1 aromatic rings. The molecule has 0 fully saturated rings. The van der Waals surface area contributed by atoms with Crippen molar-refractivity contribution in [3.05, 3.63) is 46.1 Å². The Kier molecular flexibility index (Phi) is 4.78. The smallest absolute Gasteiger partial charge is 0.338 e. The molecular weight excluding hydrogens is 320 g/mol. The van der Waals surface area contributed by atoms with Crippen LogP contribution in [-0.2, 0) is 9.53 Å². The number of hydrogen-bond acceptors (Lipinski definition) is 3. The minimum atomic E-state index is -0.568. The summed E-state index contributed by atoms with van der Waals surface area (Å²) in [6.45, 7) is 7.32. The molecule has 1 aliphatic heterocycles. The van der Waals surface area contributed by atoms with Gasteiger partial charge in [-0.1, -0.05) is 23.7 Å². The minimum Gasteiger partial charge on any atom is -0.456 e. The molecule has 2 N–H and O–H groups in total. The van der Waals surface area contributed by atoms with Crippen LogP contribution in [0, 0.1) is 0 Å². The highest BCUT2D eigenvalue weighted by molar-refractivity contribution is 7.80. The Labute approximate surface area is 140 Å². The molecule has 1 atom stereocenters.